The average molecular weight is 360 g/mol. The van der Waals surface area contributed by atoms with E-state index in [2.05, 4.69) is 28.3 Å². The van der Waals surface area contributed by atoms with Gasteiger partial charge in [-0.05, 0) is 42.8 Å². The Labute approximate surface area is 159 Å². The molecule has 0 aliphatic heterocycles. The van der Waals surface area contributed by atoms with E-state index < -0.39 is 0 Å². The number of fused-ring (bicyclic) bond motifs is 1. The fourth-order valence-corrected chi connectivity index (χ4v) is 2.76. The standard InChI is InChI=1S/C22H24N4O/c1-2-3-4-7-14-27-19-12-10-18(11-13-19)24-16-17(15-23)22-25-20-8-5-6-9-21(20)26-22/h5-6,8-13,16,24H,2-4,7,14H2,1H3,(H,25,26)/b17-16+. The molecule has 0 atom stereocenters. The van der Waals surface area contributed by atoms with Crippen molar-refractivity contribution in [2.24, 2.45) is 0 Å². The summed E-state index contributed by atoms with van der Waals surface area (Å²) >= 11 is 0. The molecule has 2 N–H and O–H groups in total. The van der Waals surface area contributed by atoms with E-state index in [1.54, 1.807) is 6.20 Å². The van der Waals surface area contributed by atoms with Crippen molar-refractivity contribution >= 4 is 22.3 Å². The molecule has 138 valence electrons. The Morgan fingerprint density at radius 2 is 1.96 bits per heavy atom. The van der Waals surface area contributed by atoms with Crippen molar-refractivity contribution in [3.63, 3.8) is 0 Å². The van der Waals surface area contributed by atoms with Gasteiger partial charge in [0.05, 0.1) is 17.6 Å². The predicted octanol–water partition coefficient (Wildman–Crippen LogP) is 5.50. The lowest BCUT2D eigenvalue weighted by Gasteiger charge is -2.07. The topological polar surface area (TPSA) is 73.7 Å². The van der Waals surface area contributed by atoms with Crippen molar-refractivity contribution in [3.8, 4) is 11.8 Å². The third kappa shape index (κ3) is 5.11. The van der Waals surface area contributed by atoms with Crippen LogP contribution in [0.3, 0.4) is 0 Å². The zero-order valence-corrected chi connectivity index (χ0v) is 15.5. The summed E-state index contributed by atoms with van der Waals surface area (Å²) in [4.78, 5) is 7.63. The lowest BCUT2D eigenvalue weighted by Crippen LogP contribution is -1.97. The Kier molecular flexibility index (Phi) is 6.48. The maximum absolute atomic E-state index is 9.45. The van der Waals surface area contributed by atoms with Gasteiger partial charge < -0.3 is 15.0 Å². The highest BCUT2D eigenvalue weighted by Gasteiger charge is 2.07. The SMILES string of the molecule is CCCCCCOc1ccc(N/C=C(\C#N)c2nc3ccccc3[nH]2)cc1. The van der Waals surface area contributed by atoms with E-state index in [-0.39, 0.29) is 0 Å². The molecule has 1 heterocycles. The van der Waals surface area contributed by atoms with Gasteiger partial charge in [-0.1, -0.05) is 38.3 Å². The van der Waals surface area contributed by atoms with Crippen LogP contribution in [0, 0.1) is 11.3 Å². The van der Waals surface area contributed by atoms with Crippen LogP contribution in [0.15, 0.2) is 54.7 Å². The Bertz CT molecular complexity index is 902. The molecular formula is C22H24N4O. The number of aromatic nitrogens is 2. The van der Waals surface area contributed by atoms with E-state index in [0.29, 0.717) is 11.4 Å². The number of hydrogen-bond acceptors (Lipinski definition) is 4. The number of anilines is 1. The summed E-state index contributed by atoms with van der Waals surface area (Å²) < 4.78 is 5.75. The zero-order chi connectivity index (χ0) is 18.9. The number of benzene rings is 2. The maximum atomic E-state index is 9.45. The fraction of sp³-hybridized carbons (Fsp3) is 0.273. The molecular weight excluding hydrogens is 336 g/mol. The lowest BCUT2D eigenvalue weighted by atomic mass is 10.2. The minimum Gasteiger partial charge on any atom is -0.494 e. The quantitative estimate of drug-likeness (QED) is 0.390. The molecule has 0 saturated carbocycles. The van der Waals surface area contributed by atoms with E-state index in [9.17, 15) is 5.26 Å². The van der Waals surface area contributed by atoms with Crippen molar-refractivity contribution < 1.29 is 4.74 Å². The summed E-state index contributed by atoms with van der Waals surface area (Å²) in [6.07, 6.45) is 6.44. The van der Waals surface area contributed by atoms with Gasteiger partial charge in [0.25, 0.3) is 0 Å². The molecule has 27 heavy (non-hydrogen) atoms. The zero-order valence-electron chi connectivity index (χ0n) is 15.5. The molecule has 0 aliphatic carbocycles. The summed E-state index contributed by atoms with van der Waals surface area (Å²) in [5, 5.41) is 12.6. The van der Waals surface area contributed by atoms with E-state index in [1.165, 1.54) is 19.3 Å². The van der Waals surface area contributed by atoms with Crippen LogP contribution < -0.4 is 10.1 Å². The molecule has 0 amide bonds. The van der Waals surface area contributed by atoms with Gasteiger partial charge in [-0.2, -0.15) is 5.26 Å². The van der Waals surface area contributed by atoms with E-state index in [0.717, 1.165) is 35.5 Å². The average Bonchev–Trinajstić information content (AvgIpc) is 3.13. The van der Waals surface area contributed by atoms with Gasteiger partial charge in [0.1, 0.15) is 17.4 Å². The lowest BCUT2D eigenvalue weighted by molar-refractivity contribution is 0.305. The van der Waals surface area contributed by atoms with Crippen molar-refractivity contribution in [3.05, 3.63) is 60.6 Å². The number of H-pyrrole nitrogens is 1. The summed E-state index contributed by atoms with van der Waals surface area (Å²) in [7, 11) is 0. The minimum atomic E-state index is 0.447. The van der Waals surface area contributed by atoms with E-state index >= 15 is 0 Å². The molecule has 3 aromatic rings. The molecule has 1 aromatic heterocycles. The van der Waals surface area contributed by atoms with Gasteiger partial charge in [-0.15, -0.1) is 0 Å². The number of rotatable bonds is 9. The number of hydrogen-bond donors (Lipinski definition) is 2. The van der Waals surface area contributed by atoms with Crippen LogP contribution >= 0.6 is 0 Å². The molecule has 0 fully saturated rings. The molecule has 3 rings (SSSR count). The first-order valence-electron chi connectivity index (χ1n) is 9.35. The Balaban J connectivity index is 1.59. The number of para-hydroxylation sites is 2. The molecule has 2 aromatic carbocycles. The first-order valence-corrected chi connectivity index (χ1v) is 9.35. The molecule has 0 radical (unpaired) electrons. The number of unbranched alkanes of at least 4 members (excludes halogenated alkanes) is 3. The number of nitrogens with one attached hydrogen (secondary N) is 2. The normalized spacial score (nSPS) is 11.3. The third-order valence-electron chi connectivity index (χ3n) is 4.27. The number of nitriles is 1. The van der Waals surface area contributed by atoms with Crippen molar-refractivity contribution in [1.29, 1.82) is 5.26 Å². The Morgan fingerprint density at radius 3 is 2.70 bits per heavy atom. The number of nitrogens with zero attached hydrogens (tertiary/aromatic N) is 2. The van der Waals surface area contributed by atoms with Gasteiger partial charge in [0.2, 0.25) is 0 Å². The van der Waals surface area contributed by atoms with Crippen LogP contribution in [0.1, 0.15) is 38.4 Å². The molecule has 0 bridgehead atoms. The first kappa shape index (κ1) is 18.5. The van der Waals surface area contributed by atoms with Crippen molar-refractivity contribution in [2.45, 2.75) is 32.6 Å². The smallest absolute Gasteiger partial charge is 0.150 e. The van der Waals surface area contributed by atoms with Crippen LogP contribution in [-0.4, -0.2) is 16.6 Å². The molecule has 0 unspecified atom stereocenters. The summed E-state index contributed by atoms with van der Waals surface area (Å²) in [5.41, 5.74) is 3.09. The fourth-order valence-electron chi connectivity index (χ4n) is 2.76. The Hall–Kier alpha value is -3.26. The predicted molar refractivity (Wildman–Crippen MR) is 109 cm³/mol. The second kappa shape index (κ2) is 9.44. The highest BCUT2D eigenvalue weighted by atomic mass is 16.5. The van der Waals surface area contributed by atoms with Crippen molar-refractivity contribution in [2.75, 3.05) is 11.9 Å². The highest BCUT2D eigenvalue weighted by molar-refractivity contribution is 5.82. The van der Waals surface area contributed by atoms with Gasteiger partial charge in [-0.3, -0.25) is 0 Å². The van der Waals surface area contributed by atoms with Crippen LogP contribution in [-0.2, 0) is 0 Å². The highest BCUT2D eigenvalue weighted by Crippen LogP contribution is 2.19. The van der Waals surface area contributed by atoms with E-state index in [1.807, 2.05) is 48.5 Å². The first-order chi connectivity index (χ1) is 13.3. The second-order valence-corrected chi connectivity index (χ2v) is 6.35. The van der Waals surface area contributed by atoms with Crippen LogP contribution in [0.2, 0.25) is 0 Å². The number of ether oxygens (including phenoxy) is 1. The molecule has 0 aliphatic rings. The maximum Gasteiger partial charge on any atom is 0.150 e. The second-order valence-electron chi connectivity index (χ2n) is 6.35. The van der Waals surface area contributed by atoms with Crippen LogP contribution in [0.4, 0.5) is 5.69 Å². The van der Waals surface area contributed by atoms with Gasteiger partial charge in [-0.25, -0.2) is 4.98 Å². The number of allylic oxidation sites excluding steroid dienone is 1. The molecule has 5 heteroatoms. The summed E-state index contributed by atoms with van der Waals surface area (Å²) in [5.74, 6) is 1.41. The minimum absolute atomic E-state index is 0.447. The summed E-state index contributed by atoms with van der Waals surface area (Å²) in [6, 6.07) is 17.6. The summed E-state index contributed by atoms with van der Waals surface area (Å²) in [6.45, 7) is 2.95. The monoisotopic (exact) mass is 360 g/mol. The molecule has 0 spiro atoms. The van der Waals surface area contributed by atoms with Crippen LogP contribution in [0.25, 0.3) is 16.6 Å². The molecule has 0 saturated heterocycles. The third-order valence-corrected chi connectivity index (χ3v) is 4.27. The van der Waals surface area contributed by atoms with Crippen LogP contribution in [0.5, 0.6) is 5.75 Å². The largest absolute Gasteiger partial charge is 0.494 e. The Morgan fingerprint density at radius 1 is 1.15 bits per heavy atom. The number of aromatic amines is 1. The van der Waals surface area contributed by atoms with Gasteiger partial charge >= 0.3 is 0 Å². The van der Waals surface area contributed by atoms with E-state index in [4.69, 9.17) is 4.74 Å². The van der Waals surface area contributed by atoms with Crippen molar-refractivity contribution in [1.82, 2.24) is 9.97 Å². The van der Waals surface area contributed by atoms with Gasteiger partial charge in [0, 0.05) is 11.9 Å². The molecule has 5 nitrogen and oxygen atoms in total. The van der Waals surface area contributed by atoms with Gasteiger partial charge in [0.15, 0.2) is 5.82 Å². The number of imidazole rings is 1.